The van der Waals surface area contributed by atoms with Crippen molar-refractivity contribution >= 4 is 11.6 Å². The van der Waals surface area contributed by atoms with Gasteiger partial charge in [-0.25, -0.2) is 4.39 Å². The number of hydrogen-bond acceptors (Lipinski definition) is 4. The molecule has 2 rings (SSSR count). The third-order valence-corrected chi connectivity index (χ3v) is 3.78. The van der Waals surface area contributed by atoms with Gasteiger partial charge in [-0.3, -0.25) is 4.79 Å². The van der Waals surface area contributed by atoms with Crippen LogP contribution < -0.4 is 15.4 Å². The lowest BCUT2D eigenvalue weighted by Gasteiger charge is -2.17. The molecular formula is C19H23FN2O3. The zero-order valence-corrected chi connectivity index (χ0v) is 14.3. The van der Waals surface area contributed by atoms with Gasteiger partial charge in [-0.15, -0.1) is 0 Å². The molecule has 0 fully saturated rings. The monoisotopic (exact) mass is 346 g/mol. The van der Waals surface area contributed by atoms with E-state index in [4.69, 9.17) is 4.74 Å². The molecule has 0 heterocycles. The lowest BCUT2D eigenvalue weighted by molar-refractivity contribution is -0.116. The second-order valence-electron chi connectivity index (χ2n) is 5.86. The minimum absolute atomic E-state index is 0.117. The first kappa shape index (κ1) is 18.9. The summed E-state index contributed by atoms with van der Waals surface area (Å²) in [6.45, 7) is 2.15. The highest BCUT2D eigenvalue weighted by Crippen LogP contribution is 2.16. The molecule has 0 aliphatic rings. The van der Waals surface area contributed by atoms with Gasteiger partial charge in [0.2, 0.25) is 5.91 Å². The molecule has 0 saturated carbocycles. The van der Waals surface area contributed by atoms with Crippen molar-refractivity contribution in [2.45, 2.75) is 25.5 Å². The number of methoxy groups -OCH3 is 1. The average Bonchev–Trinajstić information content (AvgIpc) is 2.61. The molecule has 0 radical (unpaired) electrons. The number of rotatable bonds is 8. The summed E-state index contributed by atoms with van der Waals surface area (Å²) in [5, 5.41) is 16.0. The molecular weight excluding hydrogens is 323 g/mol. The Morgan fingerprint density at radius 1 is 1.16 bits per heavy atom. The normalized spacial score (nSPS) is 13.1. The minimum atomic E-state index is -0.757. The molecule has 0 aliphatic heterocycles. The predicted molar refractivity (Wildman–Crippen MR) is 95.1 cm³/mol. The molecule has 0 bridgehead atoms. The highest BCUT2D eigenvalue weighted by atomic mass is 19.1. The van der Waals surface area contributed by atoms with Crippen LogP contribution in [-0.4, -0.2) is 30.7 Å². The van der Waals surface area contributed by atoms with E-state index in [0.29, 0.717) is 11.3 Å². The summed E-state index contributed by atoms with van der Waals surface area (Å²) in [6.07, 6.45) is -0.491. The summed E-state index contributed by atoms with van der Waals surface area (Å²) in [5.41, 5.74) is 1.33. The Labute approximate surface area is 146 Å². The van der Waals surface area contributed by atoms with E-state index in [1.165, 1.54) is 12.1 Å². The molecule has 0 spiro atoms. The van der Waals surface area contributed by atoms with E-state index in [1.807, 2.05) is 6.92 Å². The Morgan fingerprint density at radius 2 is 1.80 bits per heavy atom. The van der Waals surface area contributed by atoms with Gasteiger partial charge < -0.3 is 20.5 Å². The number of benzene rings is 2. The van der Waals surface area contributed by atoms with Crippen LogP contribution in [0, 0.1) is 5.82 Å². The topological polar surface area (TPSA) is 70.6 Å². The fraction of sp³-hybridized carbons (Fsp3) is 0.316. The molecule has 25 heavy (non-hydrogen) atoms. The number of carbonyl (C=O) groups is 1. The van der Waals surface area contributed by atoms with Gasteiger partial charge in [0.25, 0.3) is 0 Å². The fourth-order valence-electron chi connectivity index (χ4n) is 2.35. The van der Waals surface area contributed by atoms with Crippen LogP contribution in [-0.2, 0) is 4.79 Å². The maximum atomic E-state index is 12.9. The first-order valence-corrected chi connectivity index (χ1v) is 8.08. The summed E-state index contributed by atoms with van der Waals surface area (Å²) >= 11 is 0. The number of aliphatic hydroxyl groups is 1. The average molecular weight is 346 g/mol. The van der Waals surface area contributed by atoms with Crippen LogP contribution in [0.1, 0.15) is 25.0 Å². The SMILES string of the molecule is COc1ccc(NC(=O)CC(C)NCC(O)c2ccc(F)cc2)cc1. The lowest BCUT2D eigenvalue weighted by atomic mass is 10.1. The van der Waals surface area contributed by atoms with E-state index in [1.54, 1.807) is 43.5 Å². The molecule has 0 saturated heterocycles. The van der Waals surface area contributed by atoms with E-state index in [0.717, 1.165) is 5.75 Å². The van der Waals surface area contributed by atoms with E-state index in [-0.39, 0.29) is 30.7 Å². The van der Waals surface area contributed by atoms with Gasteiger partial charge in [0.1, 0.15) is 11.6 Å². The Kier molecular flexibility index (Phi) is 6.91. The van der Waals surface area contributed by atoms with E-state index < -0.39 is 6.10 Å². The predicted octanol–water partition coefficient (Wildman–Crippen LogP) is 2.87. The van der Waals surface area contributed by atoms with Crippen LogP contribution >= 0.6 is 0 Å². The maximum absolute atomic E-state index is 12.9. The first-order valence-electron chi connectivity index (χ1n) is 8.08. The van der Waals surface area contributed by atoms with E-state index in [2.05, 4.69) is 10.6 Å². The van der Waals surface area contributed by atoms with Crippen molar-refractivity contribution in [2.75, 3.05) is 19.0 Å². The van der Waals surface area contributed by atoms with Crippen LogP contribution in [0.5, 0.6) is 5.75 Å². The van der Waals surface area contributed by atoms with Crippen LogP contribution in [0.25, 0.3) is 0 Å². The third kappa shape index (κ3) is 6.17. The van der Waals surface area contributed by atoms with Crippen molar-refractivity contribution in [1.29, 1.82) is 0 Å². The molecule has 0 aliphatic carbocycles. The Morgan fingerprint density at radius 3 is 2.40 bits per heavy atom. The second kappa shape index (κ2) is 9.15. The zero-order valence-electron chi connectivity index (χ0n) is 14.3. The van der Waals surface area contributed by atoms with Gasteiger partial charge in [-0.05, 0) is 48.9 Å². The van der Waals surface area contributed by atoms with Crippen molar-refractivity contribution in [3.05, 3.63) is 59.9 Å². The van der Waals surface area contributed by atoms with Gasteiger partial charge in [-0.2, -0.15) is 0 Å². The molecule has 6 heteroatoms. The Hall–Kier alpha value is -2.44. The number of anilines is 1. The van der Waals surface area contributed by atoms with E-state index in [9.17, 15) is 14.3 Å². The number of aliphatic hydroxyl groups excluding tert-OH is 1. The van der Waals surface area contributed by atoms with Crippen LogP contribution in [0.2, 0.25) is 0 Å². The molecule has 1 amide bonds. The zero-order chi connectivity index (χ0) is 18.2. The molecule has 2 unspecified atom stereocenters. The molecule has 0 aromatic heterocycles. The Bertz CT molecular complexity index is 674. The van der Waals surface area contributed by atoms with Crippen molar-refractivity contribution < 1.29 is 19.0 Å². The third-order valence-electron chi connectivity index (χ3n) is 3.78. The number of amides is 1. The Balaban J connectivity index is 1.75. The van der Waals surface area contributed by atoms with Gasteiger partial charge in [0, 0.05) is 24.7 Å². The standard InChI is InChI=1S/C19H23FN2O3/c1-13(21-12-18(23)14-3-5-15(20)6-4-14)11-19(24)22-16-7-9-17(25-2)10-8-16/h3-10,13,18,21,23H,11-12H2,1-2H3,(H,22,24). The first-order chi connectivity index (χ1) is 12.0. The number of hydrogen-bond donors (Lipinski definition) is 3. The molecule has 5 nitrogen and oxygen atoms in total. The molecule has 2 aromatic rings. The highest BCUT2D eigenvalue weighted by molar-refractivity contribution is 5.91. The van der Waals surface area contributed by atoms with Gasteiger partial charge >= 0.3 is 0 Å². The second-order valence-corrected chi connectivity index (χ2v) is 5.86. The smallest absolute Gasteiger partial charge is 0.225 e. The number of nitrogens with one attached hydrogen (secondary N) is 2. The van der Waals surface area contributed by atoms with Crippen molar-refractivity contribution in [2.24, 2.45) is 0 Å². The van der Waals surface area contributed by atoms with Crippen LogP contribution in [0.4, 0.5) is 10.1 Å². The summed E-state index contributed by atoms with van der Waals surface area (Å²) in [6, 6.07) is 12.7. The largest absolute Gasteiger partial charge is 0.497 e. The number of ether oxygens (including phenoxy) is 1. The number of carbonyl (C=O) groups excluding carboxylic acids is 1. The maximum Gasteiger partial charge on any atom is 0.225 e. The summed E-state index contributed by atoms with van der Waals surface area (Å²) < 4.78 is 17.9. The summed E-state index contributed by atoms with van der Waals surface area (Å²) in [7, 11) is 1.58. The molecule has 2 aromatic carbocycles. The van der Waals surface area contributed by atoms with Crippen molar-refractivity contribution in [3.63, 3.8) is 0 Å². The molecule has 3 N–H and O–H groups in total. The minimum Gasteiger partial charge on any atom is -0.497 e. The van der Waals surface area contributed by atoms with Crippen LogP contribution in [0.15, 0.2) is 48.5 Å². The van der Waals surface area contributed by atoms with Gasteiger partial charge in [0.15, 0.2) is 0 Å². The van der Waals surface area contributed by atoms with Gasteiger partial charge in [-0.1, -0.05) is 12.1 Å². The van der Waals surface area contributed by atoms with Crippen LogP contribution in [0.3, 0.4) is 0 Å². The summed E-state index contributed by atoms with van der Waals surface area (Å²) in [5.74, 6) is 0.261. The summed E-state index contributed by atoms with van der Waals surface area (Å²) in [4.78, 5) is 12.0. The number of halogens is 1. The van der Waals surface area contributed by atoms with E-state index >= 15 is 0 Å². The van der Waals surface area contributed by atoms with Gasteiger partial charge in [0.05, 0.1) is 13.2 Å². The van der Waals surface area contributed by atoms with Crippen molar-refractivity contribution in [3.8, 4) is 5.75 Å². The highest BCUT2D eigenvalue weighted by Gasteiger charge is 2.12. The molecule has 134 valence electrons. The molecule has 2 atom stereocenters. The lowest BCUT2D eigenvalue weighted by Crippen LogP contribution is -2.33. The van der Waals surface area contributed by atoms with Crippen molar-refractivity contribution in [1.82, 2.24) is 5.32 Å². The fourth-order valence-corrected chi connectivity index (χ4v) is 2.35. The quantitative estimate of drug-likeness (QED) is 0.687.